The minimum Gasteiger partial charge on any atom is -0.338 e. The molecule has 1 amide bonds. The first-order chi connectivity index (χ1) is 9.63. The summed E-state index contributed by atoms with van der Waals surface area (Å²) in [6.07, 6.45) is 2.41. The summed E-state index contributed by atoms with van der Waals surface area (Å²) in [5.74, 6) is -1.70. The number of hydrogen-bond acceptors (Lipinski definition) is 2. The Balaban J connectivity index is 0.00000161. The first-order valence-electron chi connectivity index (χ1n) is 7.08. The van der Waals surface area contributed by atoms with Crippen molar-refractivity contribution in [3.8, 4) is 0 Å². The van der Waals surface area contributed by atoms with Gasteiger partial charge in [0.2, 0.25) is 5.91 Å². The highest BCUT2D eigenvalue weighted by molar-refractivity contribution is 5.85. The fourth-order valence-corrected chi connectivity index (χ4v) is 3.24. The summed E-state index contributed by atoms with van der Waals surface area (Å²) >= 11 is 0. The van der Waals surface area contributed by atoms with Crippen LogP contribution < -0.4 is 5.73 Å². The topological polar surface area (TPSA) is 46.3 Å². The molecule has 1 saturated heterocycles. The third kappa shape index (κ3) is 2.90. The monoisotopic (exact) mass is 316 g/mol. The molecule has 1 aromatic rings. The normalized spacial score (nSPS) is 27.4. The molecule has 0 spiro atoms. The number of likely N-dealkylation sites (tertiary alicyclic amines) is 1. The van der Waals surface area contributed by atoms with Gasteiger partial charge in [-0.3, -0.25) is 4.79 Å². The van der Waals surface area contributed by atoms with Crippen LogP contribution in [-0.4, -0.2) is 29.9 Å². The lowest BCUT2D eigenvalue weighted by Crippen LogP contribution is -2.40. The van der Waals surface area contributed by atoms with E-state index in [4.69, 9.17) is 5.73 Å². The third-order valence-electron chi connectivity index (χ3n) is 4.41. The lowest BCUT2D eigenvalue weighted by molar-refractivity contribution is -0.133. The number of benzene rings is 1. The number of carbonyl (C=O) groups excluding carboxylic acids is 1. The summed E-state index contributed by atoms with van der Waals surface area (Å²) in [7, 11) is 0. The highest BCUT2D eigenvalue weighted by Gasteiger charge is 2.49. The van der Waals surface area contributed by atoms with Crippen molar-refractivity contribution in [3.63, 3.8) is 0 Å². The van der Waals surface area contributed by atoms with Crippen molar-refractivity contribution in [2.75, 3.05) is 13.1 Å². The van der Waals surface area contributed by atoms with Crippen LogP contribution in [0.4, 0.5) is 8.78 Å². The first-order valence-corrected chi connectivity index (χ1v) is 7.08. The molecule has 3 unspecified atom stereocenters. The summed E-state index contributed by atoms with van der Waals surface area (Å²) in [5, 5.41) is 0. The molecule has 1 aromatic carbocycles. The van der Waals surface area contributed by atoms with Gasteiger partial charge in [0.1, 0.15) is 11.6 Å². The van der Waals surface area contributed by atoms with Crippen molar-refractivity contribution in [1.82, 2.24) is 4.90 Å². The van der Waals surface area contributed by atoms with Gasteiger partial charge in [-0.25, -0.2) is 8.78 Å². The second-order valence-electron chi connectivity index (χ2n) is 5.65. The highest BCUT2D eigenvalue weighted by Crippen LogP contribution is 2.50. The number of nitrogens with two attached hydrogens (primary N) is 1. The predicted octanol–water partition coefficient (Wildman–Crippen LogP) is 2.44. The minimum atomic E-state index is -0.554. The van der Waals surface area contributed by atoms with Gasteiger partial charge in [0.25, 0.3) is 0 Å². The summed E-state index contributed by atoms with van der Waals surface area (Å²) in [4.78, 5) is 14.2. The summed E-state index contributed by atoms with van der Waals surface area (Å²) < 4.78 is 27.4. The Morgan fingerprint density at radius 3 is 2.62 bits per heavy atom. The van der Waals surface area contributed by atoms with Gasteiger partial charge in [0.05, 0.1) is 0 Å². The van der Waals surface area contributed by atoms with Gasteiger partial charge in [-0.2, -0.15) is 0 Å². The van der Waals surface area contributed by atoms with E-state index in [1.165, 1.54) is 18.2 Å². The molecule has 1 aliphatic heterocycles. The van der Waals surface area contributed by atoms with Crippen molar-refractivity contribution in [3.05, 3.63) is 35.4 Å². The number of hydrogen-bond donors (Lipinski definition) is 1. The smallest absolute Gasteiger partial charge is 0.226 e. The van der Waals surface area contributed by atoms with E-state index in [2.05, 4.69) is 0 Å². The molecule has 0 bridgehead atoms. The molecule has 2 fully saturated rings. The molecule has 3 nitrogen and oxygen atoms in total. The van der Waals surface area contributed by atoms with E-state index >= 15 is 0 Å². The standard InChI is InChI=1S/C15H18F2N2O.ClH/c16-12-4-1-5-13(17)14(12)10-7-11(10)15(20)19-6-2-3-9(19)8-18;/h1,4-5,9-11H,2-3,6-8,18H2;1H. The average Bonchev–Trinajstić information content (AvgIpc) is 3.05. The van der Waals surface area contributed by atoms with Crippen LogP contribution in [0.25, 0.3) is 0 Å². The second-order valence-corrected chi connectivity index (χ2v) is 5.65. The zero-order chi connectivity index (χ0) is 14.3. The Hall–Kier alpha value is -1.20. The van der Waals surface area contributed by atoms with Crippen molar-refractivity contribution >= 4 is 18.3 Å². The summed E-state index contributed by atoms with van der Waals surface area (Å²) in [5.41, 5.74) is 5.73. The Bertz CT molecular complexity index is 520. The molecule has 1 heterocycles. The van der Waals surface area contributed by atoms with Gasteiger partial charge in [0, 0.05) is 36.5 Å². The van der Waals surface area contributed by atoms with Crippen LogP contribution in [-0.2, 0) is 4.79 Å². The predicted molar refractivity (Wildman–Crippen MR) is 78.2 cm³/mol. The van der Waals surface area contributed by atoms with Crippen LogP contribution >= 0.6 is 12.4 Å². The number of carbonyl (C=O) groups is 1. The Kier molecular flexibility index (Phi) is 4.84. The Morgan fingerprint density at radius 2 is 2.00 bits per heavy atom. The maximum absolute atomic E-state index is 13.7. The number of rotatable bonds is 3. The van der Waals surface area contributed by atoms with Gasteiger partial charge in [-0.05, 0) is 31.4 Å². The third-order valence-corrected chi connectivity index (χ3v) is 4.41. The zero-order valence-electron chi connectivity index (χ0n) is 11.6. The molecule has 2 N–H and O–H groups in total. The second kappa shape index (κ2) is 6.28. The fourth-order valence-electron chi connectivity index (χ4n) is 3.24. The lowest BCUT2D eigenvalue weighted by atomic mass is 10.1. The molecule has 1 aliphatic carbocycles. The molecule has 3 rings (SSSR count). The van der Waals surface area contributed by atoms with Gasteiger partial charge in [-0.1, -0.05) is 6.07 Å². The van der Waals surface area contributed by atoms with E-state index in [-0.39, 0.29) is 41.8 Å². The first kappa shape index (κ1) is 16.2. The zero-order valence-corrected chi connectivity index (χ0v) is 12.4. The van der Waals surface area contributed by atoms with Crippen LogP contribution in [0.15, 0.2) is 18.2 Å². The highest BCUT2D eigenvalue weighted by atomic mass is 35.5. The van der Waals surface area contributed by atoms with Gasteiger partial charge < -0.3 is 10.6 Å². The summed E-state index contributed by atoms with van der Waals surface area (Å²) in [6, 6.07) is 3.93. The molecule has 0 radical (unpaired) electrons. The summed E-state index contributed by atoms with van der Waals surface area (Å²) in [6.45, 7) is 1.17. The van der Waals surface area contributed by atoms with E-state index in [9.17, 15) is 13.6 Å². The van der Waals surface area contributed by atoms with E-state index in [1.807, 2.05) is 0 Å². The molecule has 6 heteroatoms. The molecule has 2 aliphatic rings. The molecular weight excluding hydrogens is 298 g/mol. The Morgan fingerprint density at radius 1 is 1.33 bits per heavy atom. The maximum Gasteiger partial charge on any atom is 0.226 e. The minimum absolute atomic E-state index is 0. The van der Waals surface area contributed by atoms with Gasteiger partial charge in [-0.15, -0.1) is 12.4 Å². The number of nitrogens with zero attached hydrogens (tertiary/aromatic N) is 1. The maximum atomic E-state index is 13.7. The van der Waals surface area contributed by atoms with Crippen molar-refractivity contribution < 1.29 is 13.6 Å². The number of amides is 1. The van der Waals surface area contributed by atoms with Crippen LogP contribution in [0.3, 0.4) is 0 Å². The molecule has 1 saturated carbocycles. The van der Waals surface area contributed by atoms with E-state index < -0.39 is 11.6 Å². The van der Waals surface area contributed by atoms with Crippen LogP contribution in [0.1, 0.15) is 30.7 Å². The van der Waals surface area contributed by atoms with E-state index in [0.717, 1.165) is 12.8 Å². The van der Waals surface area contributed by atoms with E-state index in [1.54, 1.807) is 4.90 Å². The number of halogens is 3. The average molecular weight is 317 g/mol. The van der Waals surface area contributed by atoms with Crippen LogP contribution in [0.5, 0.6) is 0 Å². The van der Waals surface area contributed by atoms with E-state index in [0.29, 0.717) is 19.5 Å². The van der Waals surface area contributed by atoms with Gasteiger partial charge >= 0.3 is 0 Å². The van der Waals surface area contributed by atoms with Gasteiger partial charge in [0.15, 0.2) is 0 Å². The molecule has 0 aromatic heterocycles. The van der Waals surface area contributed by atoms with Crippen molar-refractivity contribution in [1.29, 1.82) is 0 Å². The Labute approximate surface area is 128 Å². The fraction of sp³-hybridized carbons (Fsp3) is 0.533. The molecular formula is C15H19ClF2N2O. The van der Waals surface area contributed by atoms with Crippen molar-refractivity contribution in [2.45, 2.75) is 31.2 Å². The lowest BCUT2D eigenvalue weighted by Gasteiger charge is -2.23. The largest absolute Gasteiger partial charge is 0.338 e. The molecule has 116 valence electrons. The van der Waals surface area contributed by atoms with Crippen LogP contribution in [0, 0.1) is 17.6 Å². The molecule has 21 heavy (non-hydrogen) atoms. The SMILES string of the molecule is Cl.NCC1CCCN1C(=O)C1CC1c1c(F)cccc1F. The quantitative estimate of drug-likeness (QED) is 0.931. The van der Waals surface area contributed by atoms with Crippen molar-refractivity contribution in [2.24, 2.45) is 11.7 Å². The van der Waals surface area contributed by atoms with Crippen LogP contribution in [0.2, 0.25) is 0 Å². The molecule has 3 atom stereocenters.